The van der Waals surface area contributed by atoms with E-state index >= 15 is 0 Å². The summed E-state index contributed by atoms with van der Waals surface area (Å²) < 4.78 is 0. The lowest BCUT2D eigenvalue weighted by Gasteiger charge is -2.28. The summed E-state index contributed by atoms with van der Waals surface area (Å²) in [5, 5.41) is 0. The molecule has 3 heteroatoms. The summed E-state index contributed by atoms with van der Waals surface area (Å²) in [7, 11) is 1.89. The minimum Gasteiger partial charge on any atom is -0.333 e. The summed E-state index contributed by atoms with van der Waals surface area (Å²) in [6.45, 7) is 2.20. The van der Waals surface area contributed by atoms with Gasteiger partial charge in [0.2, 0.25) is 5.91 Å². The number of pyridine rings is 1. The highest BCUT2D eigenvalue weighted by Gasteiger charge is 2.23. The Balaban J connectivity index is 2.08. The molecule has 0 aliphatic rings. The van der Waals surface area contributed by atoms with Gasteiger partial charge >= 0.3 is 0 Å². The molecule has 0 saturated heterocycles. The van der Waals surface area contributed by atoms with Gasteiger partial charge in [-0.3, -0.25) is 9.78 Å². The molecule has 0 aliphatic heterocycles. The van der Waals surface area contributed by atoms with Crippen LogP contribution in [0.3, 0.4) is 0 Å². The molecule has 0 bridgehead atoms. The van der Waals surface area contributed by atoms with Crippen LogP contribution in [-0.4, -0.2) is 22.8 Å². The molecule has 1 atom stereocenters. The third-order valence-corrected chi connectivity index (χ3v) is 4.36. The van der Waals surface area contributed by atoms with E-state index in [1.54, 1.807) is 6.20 Å². The van der Waals surface area contributed by atoms with Crippen molar-refractivity contribution >= 4 is 5.91 Å². The van der Waals surface area contributed by atoms with Crippen molar-refractivity contribution in [2.75, 3.05) is 7.05 Å². The second kappa shape index (κ2) is 9.86. The average Bonchev–Trinajstić information content (AvgIpc) is 2.63. The molecule has 1 heterocycles. The van der Waals surface area contributed by atoms with Crippen molar-refractivity contribution < 1.29 is 4.79 Å². The van der Waals surface area contributed by atoms with Crippen LogP contribution in [0.15, 0.2) is 54.7 Å². The highest BCUT2D eigenvalue weighted by atomic mass is 16.2. The van der Waals surface area contributed by atoms with Crippen LogP contribution in [0.5, 0.6) is 0 Å². The van der Waals surface area contributed by atoms with Crippen LogP contribution >= 0.6 is 0 Å². The molecule has 0 aliphatic carbocycles. The number of hydrogen-bond donors (Lipinski definition) is 0. The first-order valence-electron chi connectivity index (χ1n) is 8.95. The minimum atomic E-state index is -0.129. The Bertz CT molecular complexity index is 558. The molecule has 3 nitrogen and oxygen atoms in total. The summed E-state index contributed by atoms with van der Waals surface area (Å²) in [5.41, 5.74) is 2.00. The van der Waals surface area contributed by atoms with Crippen molar-refractivity contribution in [3.63, 3.8) is 0 Å². The minimum absolute atomic E-state index is 0.129. The lowest BCUT2D eigenvalue weighted by atomic mass is 10.0. The Hall–Kier alpha value is -2.16. The fourth-order valence-corrected chi connectivity index (χ4v) is 2.97. The normalized spacial score (nSPS) is 11.9. The third kappa shape index (κ3) is 5.19. The van der Waals surface area contributed by atoms with Gasteiger partial charge in [0.15, 0.2) is 0 Å². The first kappa shape index (κ1) is 18.2. The second-order valence-electron chi connectivity index (χ2n) is 6.24. The van der Waals surface area contributed by atoms with Crippen molar-refractivity contribution in [3.8, 4) is 0 Å². The van der Waals surface area contributed by atoms with Gasteiger partial charge in [-0.1, -0.05) is 69.0 Å². The molecule has 24 heavy (non-hydrogen) atoms. The zero-order chi connectivity index (χ0) is 17.2. The second-order valence-corrected chi connectivity index (χ2v) is 6.24. The van der Waals surface area contributed by atoms with E-state index in [2.05, 4.69) is 24.0 Å². The first-order valence-corrected chi connectivity index (χ1v) is 8.95. The number of carbonyl (C=O) groups is 1. The van der Waals surface area contributed by atoms with Crippen molar-refractivity contribution in [3.05, 3.63) is 66.0 Å². The number of unbranched alkanes of at least 4 members (excludes halogenated alkanes) is 4. The molecule has 0 radical (unpaired) electrons. The van der Waals surface area contributed by atoms with E-state index in [-0.39, 0.29) is 11.9 Å². The maximum Gasteiger partial charge on any atom is 0.223 e. The Kier molecular flexibility index (Phi) is 7.47. The van der Waals surface area contributed by atoms with Crippen LogP contribution in [0.1, 0.15) is 62.7 Å². The zero-order valence-corrected chi connectivity index (χ0v) is 14.8. The predicted octanol–water partition coefficient (Wildman–Crippen LogP) is 4.99. The molecule has 1 aromatic carbocycles. The van der Waals surface area contributed by atoms with Gasteiger partial charge in [0, 0.05) is 19.7 Å². The highest BCUT2D eigenvalue weighted by Crippen LogP contribution is 2.26. The molecule has 0 spiro atoms. The molecule has 1 amide bonds. The maximum absolute atomic E-state index is 12.7. The van der Waals surface area contributed by atoms with Crippen molar-refractivity contribution in [2.45, 2.75) is 51.5 Å². The van der Waals surface area contributed by atoms with E-state index in [1.807, 2.05) is 48.3 Å². The number of amides is 1. The van der Waals surface area contributed by atoms with Crippen LogP contribution in [0.25, 0.3) is 0 Å². The molecule has 0 saturated carbocycles. The number of aromatic nitrogens is 1. The molecule has 0 fully saturated rings. The zero-order valence-electron chi connectivity index (χ0n) is 14.8. The van der Waals surface area contributed by atoms with Gasteiger partial charge in [-0.25, -0.2) is 0 Å². The number of benzene rings is 1. The number of rotatable bonds is 9. The van der Waals surface area contributed by atoms with E-state index in [9.17, 15) is 4.79 Å². The molecule has 0 N–H and O–H groups in total. The Morgan fingerprint density at radius 2 is 1.71 bits per heavy atom. The van der Waals surface area contributed by atoms with Crippen LogP contribution in [0.2, 0.25) is 0 Å². The van der Waals surface area contributed by atoms with E-state index in [0.717, 1.165) is 24.1 Å². The van der Waals surface area contributed by atoms with Crippen LogP contribution in [0, 0.1) is 0 Å². The molecule has 2 rings (SSSR count). The van der Waals surface area contributed by atoms with Crippen LogP contribution < -0.4 is 0 Å². The fraction of sp³-hybridized carbons (Fsp3) is 0.429. The highest BCUT2D eigenvalue weighted by molar-refractivity contribution is 5.76. The van der Waals surface area contributed by atoms with Gasteiger partial charge in [0.25, 0.3) is 0 Å². The van der Waals surface area contributed by atoms with E-state index in [1.165, 1.54) is 19.3 Å². The van der Waals surface area contributed by atoms with Crippen LogP contribution in [0.4, 0.5) is 0 Å². The van der Waals surface area contributed by atoms with E-state index < -0.39 is 0 Å². The maximum atomic E-state index is 12.7. The SMILES string of the molecule is CCCCCCCC(=O)N(C)C(c1ccccc1)c1ccccn1. The number of carbonyl (C=O) groups excluding carboxylic acids is 1. The summed E-state index contributed by atoms with van der Waals surface area (Å²) in [5.74, 6) is 0.186. The molecule has 2 aromatic rings. The quantitative estimate of drug-likeness (QED) is 0.609. The van der Waals surface area contributed by atoms with Crippen molar-refractivity contribution in [1.82, 2.24) is 9.88 Å². The molecule has 1 aromatic heterocycles. The average molecular weight is 324 g/mol. The fourth-order valence-electron chi connectivity index (χ4n) is 2.97. The Morgan fingerprint density at radius 3 is 2.38 bits per heavy atom. The van der Waals surface area contributed by atoms with Gasteiger partial charge in [0.1, 0.15) is 0 Å². The summed E-state index contributed by atoms with van der Waals surface area (Å²) in [6, 6.07) is 15.9. The lowest BCUT2D eigenvalue weighted by molar-refractivity contribution is -0.131. The van der Waals surface area contributed by atoms with E-state index in [0.29, 0.717) is 6.42 Å². The Labute approximate surface area is 145 Å². The van der Waals surface area contributed by atoms with Crippen molar-refractivity contribution in [1.29, 1.82) is 0 Å². The van der Waals surface area contributed by atoms with E-state index in [4.69, 9.17) is 0 Å². The third-order valence-electron chi connectivity index (χ3n) is 4.36. The topological polar surface area (TPSA) is 33.2 Å². The lowest BCUT2D eigenvalue weighted by Crippen LogP contribution is -2.32. The van der Waals surface area contributed by atoms with Gasteiger partial charge in [-0.05, 0) is 24.1 Å². The predicted molar refractivity (Wildman–Crippen MR) is 98.7 cm³/mol. The van der Waals surface area contributed by atoms with Gasteiger partial charge in [-0.2, -0.15) is 0 Å². The largest absolute Gasteiger partial charge is 0.333 e. The monoisotopic (exact) mass is 324 g/mol. The van der Waals surface area contributed by atoms with Gasteiger partial charge < -0.3 is 4.90 Å². The number of hydrogen-bond acceptors (Lipinski definition) is 2. The van der Waals surface area contributed by atoms with Crippen molar-refractivity contribution in [2.24, 2.45) is 0 Å². The molecule has 128 valence electrons. The molecule has 1 unspecified atom stereocenters. The molecular weight excluding hydrogens is 296 g/mol. The summed E-state index contributed by atoms with van der Waals surface area (Å²) in [6.07, 6.45) is 8.19. The number of nitrogens with zero attached hydrogens (tertiary/aromatic N) is 2. The standard InChI is InChI=1S/C21H28N2O/c1-3-4-5-6-10-16-20(24)23(2)21(18-13-8-7-9-14-18)19-15-11-12-17-22-19/h7-9,11-15,17,21H,3-6,10,16H2,1-2H3. The Morgan fingerprint density at radius 1 is 1.00 bits per heavy atom. The van der Waals surface area contributed by atoms with Crippen LogP contribution in [-0.2, 0) is 4.79 Å². The summed E-state index contributed by atoms with van der Waals surface area (Å²) in [4.78, 5) is 19.0. The van der Waals surface area contributed by atoms with Gasteiger partial charge in [-0.15, -0.1) is 0 Å². The van der Waals surface area contributed by atoms with Gasteiger partial charge in [0.05, 0.1) is 11.7 Å². The molecular formula is C21H28N2O. The summed E-state index contributed by atoms with van der Waals surface area (Å²) >= 11 is 0. The first-order chi connectivity index (χ1) is 11.7. The smallest absolute Gasteiger partial charge is 0.223 e.